The van der Waals surface area contributed by atoms with Gasteiger partial charge in [-0.05, 0) is 31.7 Å². The first-order valence-corrected chi connectivity index (χ1v) is 7.19. The molecule has 19 heavy (non-hydrogen) atoms. The summed E-state index contributed by atoms with van der Waals surface area (Å²) in [5.74, 6) is 0.601. The Kier molecular flexibility index (Phi) is 4.59. The average molecular weight is 260 g/mol. The largest absolute Gasteiger partial charge is 0.353 e. The van der Waals surface area contributed by atoms with E-state index in [-0.39, 0.29) is 23.9 Å². The summed E-state index contributed by atoms with van der Waals surface area (Å²) in [6, 6.07) is 10.7. The van der Waals surface area contributed by atoms with Crippen molar-refractivity contribution in [2.75, 3.05) is 0 Å². The molecule has 1 fully saturated rings. The number of nitrogens with one attached hydrogen (secondary N) is 1. The summed E-state index contributed by atoms with van der Waals surface area (Å²) in [5.41, 5.74) is 7.13. The van der Waals surface area contributed by atoms with Crippen LogP contribution in [-0.4, -0.2) is 18.0 Å². The lowest BCUT2D eigenvalue weighted by Gasteiger charge is -2.23. The molecular formula is C16H24N2O. The minimum absolute atomic E-state index is 0.112. The van der Waals surface area contributed by atoms with Gasteiger partial charge in [0.25, 0.3) is 0 Å². The number of rotatable bonds is 4. The Morgan fingerprint density at radius 2 is 1.95 bits per heavy atom. The van der Waals surface area contributed by atoms with Crippen molar-refractivity contribution in [1.29, 1.82) is 0 Å². The van der Waals surface area contributed by atoms with E-state index in [4.69, 9.17) is 5.73 Å². The third kappa shape index (κ3) is 3.57. The molecule has 104 valence electrons. The van der Waals surface area contributed by atoms with Gasteiger partial charge in [0, 0.05) is 23.9 Å². The molecule has 1 amide bonds. The normalized spacial score (nSPS) is 25.8. The predicted octanol–water partition coefficient (Wildman–Crippen LogP) is 2.42. The van der Waals surface area contributed by atoms with Crippen LogP contribution in [0.25, 0.3) is 0 Å². The zero-order valence-corrected chi connectivity index (χ0v) is 11.8. The molecule has 1 aliphatic rings. The third-order valence-corrected chi connectivity index (χ3v) is 4.29. The fourth-order valence-corrected chi connectivity index (χ4v) is 2.77. The van der Waals surface area contributed by atoms with Crippen LogP contribution in [0.15, 0.2) is 30.3 Å². The Morgan fingerprint density at radius 3 is 2.53 bits per heavy atom. The van der Waals surface area contributed by atoms with Crippen LogP contribution >= 0.6 is 0 Å². The summed E-state index contributed by atoms with van der Waals surface area (Å²) in [5, 5.41) is 3.15. The third-order valence-electron chi connectivity index (χ3n) is 4.29. The van der Waals surface area contributed by atoms with Crippen LogP contribution in [-0.2, 0) is 4.79 Å². The van der Waals surface area contributed by atoms with E-state index in [1.54, 1.807) is 0 Å². The highest BCUT2D eigenvalue weighted by molar-refractivity contribution is 5.79. The van der Waals surface area contributed by atoms with Crippen LogP contribution in [0.2, 0.25) is 0 Å². The van der Waals surface area contributed by atoms with E-state index in [1.807, 2.05) is 18.2 Å². The standard InChI is InChI=1S/C16H24N2O/c1-11(13-6-4-3-5-7-13)12(2)18-16(19)14-8-9-15(17)10-14/h3-7,11-12,14-15H,8-10,17H2,1-2H3,(H,18,19). The number of nitrogens with two attached hydrogens (primary N) is 1. The fraction of sp³-hybridized carbons (Fsp3) is 0.562. The van der Waals surface area contributed by atoms with E-state index in [0.29, 0.717) is 5.92 Å². The molecule has 0 bridgehead atoms. The first-order chi connectivity index (χ1) is 9.08. The molecular weight excluding hydrogens is 236 g/mol. The highest BCUT2D eigenvalue weighted by Gasteiger charge is 2.29. The predicted molar refractivity (Wildman–Crippen MR) is 77.8 cm³/mol. The van der Waals surface area contributed by atoms with Gasteiger partial charge in [0.2, 0.25) is 5.91 Å². The topological polar surface area (TPSA) is 55.1 Å². The average Bonchev–Trinajstić information content (AvgIpc) is 2.85. The monoisotopic (exact) mass is 260 g/mol. The lowest BCUT2D eigenvalue weighted by Crippen LogP contribution is -2.39. The first-order valence-electron chi connectivity index (χ1n) is 7.19. The molecule has 1 saturated carbocycles. The molecule has 3 heteroatoms. The highest BCUT2D eigenvalue weighted by atomic mass is 16.1. The molecule has 0 spiro atoms. The summed E-state index contributed by atoms with van der Waals surface area (Å²) in [7, 11) is 0. The second-order valence-corrected chi connectivity index (χ2v) is 5.77. The molecule has 0 aliphatic heterocycles. The van der Waals surface area contributed by atoms with Crippen molar-refractivity contribution in [2.24, 2.45) is 11.7 Å². The Labute approximate surface area is 115 Å². The second-order valence-electron chi connectivity index (χ2n) is 5.77. The van der Waals surface area contributed by atoms with Crippen molar-refractivity contribution >= 4 is 5.91 Å². The van der Waals surface area contributed by atoms with Gasteiger partial charge >= 0.3 is 0 Å². The molecule has 4 atom stereocenters. The Balaban J connectivity index is 1.90. The summed E-state index contributed by atoms with van der Waals surface area (Å²) in [6.45, 7) is 4.23. The van der Waals surface area contributed by atoms with Crippen molar-refractivity contribution in [3.05, 3.63) is 35.9 Å². The van der Waals surface area contributed by atoms with Gasteiger partial charge in [-0.1, -0.05) is 37.3 Å². The van der Waals surface area contributed by atoms with Crippen LogP contribution in [0, 0.1) is 5.92 Å². The van der Waals surface area contributed by atoms with Gasteiger partial charge in [-0.25, -0.2) is 0 Å². The van der Waals surface area contributed by atoms with E-state index in [1.165, 1.54) is 5.56 Å². The van der Waals surface area contributed by atoms with E-state index >= 15 is 0 Å². The van der Waals surface area contributed by atoms with Gasteiger partial charge in [0.15, 0.2) is 0 Å². The number of hydrogen-bond acceptors (Lipinski definition) is 2. The molecule has 2 rings (SSSR count). The zero-order chi connectivity index (χ0) is 13.8. The van der Waals surface area contributed by atoms with Crippen molar-refractivity contribution < 1.29 is 4.79 Å². The Bertz CT molecular complexity index is 418. The van der Waals surface area contributed by atoms with Gasteiger partial charge in [0.05, 0.1) is 0 Å². The lowest BCUT2D eigenvalue weighted by molar-refractivity contribution is -0.125. The van der Waals surface area contributed by atoms with E-state index in [0.717, 1.165) is 19.3 Å². The number of carbonyl (C=O) groups excluding carboxylic acids is 1. The zero-order valence-electron chi connectivity index (χ0n) is 11.8. The first kappa shape index (κ1) is 14.1. The van der Waals surface area contributed by atoms with Crippen molar-refractivity contribution in [3.8, 4) is 0 Å². The van der Waals surface area contributed by atoms with E-state index < -0.39 is 0 Å². The van der Waals surface area contributed by atoms with Gasteiger partial charge in [-0.3, -0.25) is 4.79 Å². The molecule has 1 aromatic rings. The SMILES string of the molecule is CC(NC(=O)C1CCC(N)C1)C(C)c1ccccc1. The van der Waals surface area contributed by atoms with Crippen LogP contribution in [0.3, 0.4) is 0 Å². The van der Waals surface area contributed by atoms with Crippen LogP contribution < -0.4 is 11.1 Å². The number of benzene rings is 1. The smallest absolute Gasteiger partial charge is 0.223 e. The summed E-state index contributed by atoms with van der Waals surface area (Å²) in [6.07, 6.45) is 2.73. The maximum atomic E-state index is 12.2. The maximum Gasteiger partial charge on any atom is 0.223 e. The van der Waals surface area contributed by atoms with Gasteiger partial charge in [-0.15, -0.1) is 0 Å². The Morgan fingerprint density at radius 1 is 1.26 bits per heavy atom. The minimum Gasteiger partial charge on any atom is -0.353 e. The van der Waals surface area contributed by atoms with Crippen LogP contribution in [0.1, 0.15) is 44.6 Å². The van der Waals surface area contributed by atoms with Gasteiger partial charge in [0.1, 0.15) is 0 Å². The summed E-state index contributed by atoms with van der Waals surface area (Å²) >= 11 is 0. The molecule has 0 saturated heterocycles. The van der Waals surface area contributed by atoms with Gasteiger partial charge < -0.3 is 11.1 Å². The van der Waals surface area contributed by atoms with Crippen molar-refractivity contribution in [2.45, 2.75) is 51.1 Å². The summed E-state index contributed by atoms with van der Waals surface area (Å²) < 4.78 is 0. The minimum atomic E-state index is 0.112. The van der Waals surface area contributed by atoms with Crippen molar-refractivity contribution in [3.63, 3.8) is 0 Å². The molecule has 0 heterocycles. The molecule has 3 nitrogen and oxygen atoms in total. The quantitative estimate of drug-likeness (QED) is 0.873. The highest BCUT2D eigenvalue weighted by Crippen LogP contribution is 2.25. The number of hydrogen-bond donors (Lipinski definition) is 2. The number of carbonyl (C=O) groups is 1. The van der Waals surface area contributed by atoms with Crippen LogP contribution in [0.4, 0.5) is 0 Å². The maximum absolute atomic E-state index is 12.2. The van der Waals surface area contributed by atoms with Gasteiger partial charge in [-0.2, -0.15) is 0 Å². The molecule has 3 N–H and O–H groups in total. The Hall–Kier alpha value is -1.35. The van der Waals surface area contributed by atoms with Crippen LogP contribution in [0.5, 0.6) is 0 Å². The number of amides is 1. The molecule has 0 aromatic heterocycles. The molecule has 1 aromatic carbocycles. The second kappa shape index (κ2) is 6.20. The summed E-state index contributed by atoms with van der Waals surface area (Å²) in [4.78, 5) is 12.2. The van der Waals surface area contributed by atoms with Crippen molar-refractivity contribution in [1.82, 2.24) is 5.32 Å². The molecule has 1 aliphatic carbocycles. The van der Waals surface area contributed by atoms with E-state index in [9.17, 15) is 4.79 Å². The fourth-order valence-electron chi connectivity index (χ4n) is 2.77. The lowest BCUT2D eigenvalue weighted by atomic mass is 9.94. The van der Waals surface area contributed by atoms with E-state index in [2.05, 4.69) is 31.3 Å². The molecule has 0 radical (unpaired) electrons. The molecule has 4 unspecified atom stereocenters.